The maximum atomic E-state index is 13.6. The van der Waals surface area contributed by atoms with Crippen LogP contribution < -0.4 is 10.9 Å². The van der Waals surface area contributed by atoms with Crippen molar-refractivity contribution in [3.05, 3.63) is 69.3 Å². The number of nitrogens with one attached hydrogen (secondary N) is 1. The third kappa shape index (κ3) is 4.81. The largest absolute Gasteiger partial charge is 0.346 e. The van der Waals surface area contributed by atoms with Crippen LogP contribution >= 0.6 is 0 Å². The van der Waals surface area contributed by atoms with E-state index in [4.69, 9.17) is 0 Å². The second-order valence-corrected chi connectivity index (χ2v) is 8.25. The van der Waals surface area contributed by atoms with Crippen LogP contribution in [0, 0.1) is 0 Å². The third-order valence-corrected chi connectivity index (χ3v) is 5.92. The van der Waals surface area contributed by atoms with Gasteiger partial charge in [0.15, 0.2) is 5.78 Å². The predicted octanol–water partition coefficient (Wildman–Crippen LogP) is 3.00. The molecule has 0 saturated carbocycles. The van der Waals surface area contributed by atoms with E-state index in [-0.39, 0.29) is 17.9 Å². The topological polar surface area (TPSA) is 59.3 Å². The lowest BCUT2D eigenvalue weighted by molar-refractivity contribution is 0.0970. The molecule has 0 atom stereocenters. The Hall–Kier alpha value is -2.70. The van der Waals surface area contributed by atoms with Gasteiger partial charge in [0.05, 0.1) is 17.4 Å². The molecule has 0 radical (unpaired) electrons. The van der Waals surface area contributed by atoms with Crippen molar-refractivity contribution in [2.75, 3.05) is 27.2 Å². The lowest BCUT2D eigenvalue weighted by atomic mass is 10.1. The highest BCUT2D eigenvalue weighted by atomic mass is 16.1. The Bertz CT molecular complexity index is 1110. The van der Waals surface area contributed by atoms with E-state index in [2.05, 4.69) is 41.9 Å². The Morgan fingerprint density at radius 1 is 1.10 bits per heavy atom. The maximum absolute atomic E-state index is 13.6. The fraction of sp³-hybridized carbons (Fsp3) is 0.440. The van der Waals surface area contributed by atoms with Crippen LogP contribution in [-0.4, -0.2) is 47.0 Å². The van der Waals surface area contributed by atoms with Gasteiger partial charge < -0.3 is 19.4 Å². The number of pyridine rings is 1. The Kier molecular flexibility index (Phi) is 7.46. The SMILES string of the molecule is CCc1c(CNCCN(C)C)n(C)c2cc(CC)n(CC(=O)c3ccccc3)c(=O)c12. The summed E-state index contributed by atoms with van der Waals surface area (Å²) in [6.07, 6.45) is 1.46. The number of likely N-dealkylation sites (N-methyl/N-ethyl adjacent to an activating group) is 1. The van der Waals surface area contributed by atoms with Crippen molar-refractivity contribution in [1.82, 2.24) is 19.4 Å². The lowest BCUT2D eigenvalue weighted by Gasteiger charge is -2.13. The minimum Gasteiger partial charge on any atom is -0.346 e. The van der Waals surface area contributed by atoms with Crippen molar-refractivity contribution in [2.24, 2.45) is 7.05 Å². The second-order valence-electron chi connectivity index (χ2n) is 8.25. The Labute approximate surface area is 184 Å². The molecule has 0 saturated heterocycles. The number of nitrogens with zero attached hydrogens (tertiary/aromatic N) is 3. The predicted molar refractivity (Wildman–Crippen MR) is 127 cm³/mol. The minimum absolute atomic E-state index is 0.0451. The number of hydrogen-bond donors (Lipinski definition) is 1. The van der Waals surface area contributed by atoms with Crippen LogP contribution in [0.25, 0.3) is 10.9 Å². The first-order valence-corrected chi connectivity index (χ1v) is 11.1. The summed E-state index contributed by atoms with van der Waals surface area (Å²) in [7, 11) is 6.14. The first kappa shape index (κ1) is 23.0. The summed E-state index contributed by atoms with van der Waals surface area (Å²) in [6.45, 7) is 6.73. The summed E-state index contributed by atoms with van der Waals surface area (Å²) in [5, 5.41) is 4.24. The molecule has 166 valence electrons. The molecule has 31 heavy (non-hydrogen) atoms. The Morgan fingerprint density at radius 2 is 1.81 bits per heavy atom. The number of carbonyl (C=O) groups is 1. The van der Waals surface area contributed by atoms with Crippen molar-refractivity contribution < 1.29 is 4.79 Å². The summed E-state index contributed by atoms with van der Waals surface area (Å²) in [5.41, 5.74) is 4.62. The molecule has 6 nitrogen and oxygen atoms in total. The van der Waals surface area contributed by atoms with Crippen LogP contribution in [0.15, 0.2) is 41.2 Å². The molecule has 2 heterocycles. The molecule has 0 amide bonds. The van der Waals surface area contributed by atoms with E-state index in [1.807, 2.05) is 32.2 Å². The van der Waals surface area contributed by atoms with Gasteiger partial charge in [-0.3, -0.25) is 9.59 Å². The van der Waals surface area contributed by atoms with Crippen LogP contribution in [-0.2, 0) is 33.0 Å². The van der Waals surface area contributed by atoms with Crippen molar-refractivity contribution in [2.45, 2.75) is 39.8 Å². The third-order valence-electron chi connectivity index (χ3n) is 5.92. The van der Waals surface area contributed by atoms with Gasteiger partial charge in [-0.2, -0.15) is 0 Å². The first-order chi connectivity index (χ1) is 14.9. The number of carbonyl (C=O) groups excluding carboxylic acids is 1. The summed E-state index contributed by atoms with van der Waals surface area (Å²) in [6, 6.07) is 11.3. The van der Waals surface area contributed by atoms with Crippen molar-refractivity contribution in [1.29, 1.82) is 0 Å². The van der Waals surface area contributed by atoms with Gasteiger partial charge in [0, 0.05) is 43.6 Å². The van der Waals surface area contributed by atoms with Crippen LogP contribution in [0.2, 0.25) is 0 Å². The molecule has 0 aliphatic carbocycles. The molecular formula is C25H34N4O2. The standard InChI is InChI=1S/C25H34N4O2/c1-6-19-15-21-24(20(7-2)22(28(21)5)16-26-13-14-27(3)4)25(31)29(19)17-23(30)18-11-9-8-10-12-18/h8-12,15,26H,6-7,13-14,16-17H2,1-5H3. The summed E-state index contributed by atoms with van der Waals surface area (Å²) in [5.74, 6) is -0.0451. The van der Waals surface area contributed by atoms with E-state index < -0.39 is 0 Å². The van der Waals surface area contributed by atoms with Gasteiger partial charge in [-0.25, -0.2) is 0 Å². The van der Waals surface area contributed by atoms with Crippen molar-refractivity contribution in [3.63, 3.8) is 0 Å². The summed E-state index contributed by atoms with van der Waals surface area (Å²) < 4.78 is 3.81. The fourth-order valence-electron chi connectivity index (χ4n) is 4.16. The lowest BCUT2D eigenvalue weighted by Crippen LogP contribution is -2.27. The molecule has 0 bridgehead atoms. The highest BCUT2D eigenvalue weighted by Gasteiger charge is 2.20. The van der Waals surface area contributed by atoms with Crippen LogP contribution in [0.5, 0.6) is 0 Å². The second kappa shape index (κ2) is 10.1. The number of fused-ring (bicyclic) bond motifs is 1. The van der Waals surface area contributed by atoms with E-state index >= 15 is 0 Å². The Morgan fingerprint density at radius 3 is 2.42 bits per heavy atom. The molecule has 0 fully saturated rings. The van der Waals surface area contributed by atoms with Gasteiger partial charge in [0.2, 0.25) is 0 Å². The molecule has 1 N–H and O–H groups in total. The first-order valence-electron chi connectivity index (χ1n) is 11.1. The Balaban J connectivity index is 2.04. The number of ketones is 1. The van der Waals surface area contributed by atoms with Crippen LogP contribution in [0.3, 0.4) is 0 Å². The van der Waals surface area contributed by atoms with E-state index in [0.29, 0.717) is 18.5 Å². The number of aryl methyl sites for hydroxylation is 3. The molecule has 0 aliphatic heterocycles. The highest BCUT2D eigenvalue weighted by Crippen LogP contribution is 2.25. The van der Waals surface area contributed by atoms with Gasteiger partial charge in [-0.1, -0.05) is 44.2 Å². The molecule has 2 aromatic heterocycles. The van der Waals surface area contributed by atoms with E-state index in [9.17, 15) is 9.59 Å². The zero-order chi connectivity index (χ0) is 22.5. The minimum atomic E-state index is -0.0642. The van der Waals surface area contributed by atoms with Gasteiger partial charge in [0.1, 0.15) is 0 Å². The molecule has 0 aliphatic rings. The van der Waals surface area contributed by atoms with Gasteiger partial charge >= 0.3 is 0 Å². The fourth-order valence-corrected chi connectivity index (χ4v) is 4.16. The molecule has 1 aromatic carbocycles. The normalized spacial score (nSPS) is 11.5. The summed E-state index contributed by atoms with van der Waals surface area (Å²) >= 11 is 0. The molecule has 3 aromatic rings. The van der Waals surface area contributed by atoms with Gasteiger partial charge in [-0.05, 0) is 38.6 Å². The van der Waals surface area contributed by atoms with Gasteiger partial charge in [0.25, 0.3) is 5.56 Å². The number of Topliss-reactive ketones (excluding diaryl/α,β-unsaturated/α-hetero) is 1. The van der Waals surface area contributed by atoms with Crippen LogP contribution in [0.4, 0.5) is 0 Å². The zero-order valence-electron chi connectivity index (χ0n) is 19.4. The van der Waals surface area contributed by atoms with E-state index in [1.54, 1.807) is 16.7 Å². The van der Waals surface area contributed by atoms with Gasteiger partial charge in [-0.15, -0.1) is 0 Å². The maximum Gasteiger partial charge on any atom is 0.260 e. The quantitative estimate of drug-likeness (QED) is 0.403. The van der Waals surface area contributed by atoms with Crippen molar-refractivity contribution >= 4 is 16.7 Å². The molecule has 3 rings (SSSR count). The number of rotatable bonds is 10. The van der Waals surface area contributed by atoms with E-state index in [0.717, 1.165) is 47.4 Å². The van der Waals surface area contributed by atoms with E-state index in [1.165, 1.54) is 0 Å². The zero-order valence-corrected chi connectivity index (χ0v) is 19.4. The smallest absolute Gasteiger partial charge is 0.260 e. The average Bonchev–Trinajstić information content (AvgIpc) is 3.04. The number of aromatic nitrogens is 2. The summed E-state index contributed by atoms with van der Waals surface area (Å²) in [4.78, 5) is 28.6. The monoisotopic (exact) mass is 422 g/mol. The molecular weight excluding hydrogens is 388 g/mol. The van der Waals surface area contributed by atoms with Crippen molar-refractivity contribution in [3.8, 4) is 0 Å². The number of benzene rings is 1. The molecule has 0 unspecified atom stereocenters. The highest BCUT2D eigenvalue weighted by molar-refractivity contribution is 5.96. The molecule has 0 spiro atoms. The molecule has 6 heteroatoms. The average molecular weight is 423 g/mol. The number of hydrogen-bond acceptors (Lipinski definition) is 4. The van der Waals surface area contributed by atoms with Crippen LogP contribution in [0.1, 0.15) is 41.2 Å².